The van der Waals surface area contributed by atoms with Crippen LogP contribution in [0, 0.1) is 3.57 Å². The molecular weight excluding hydrogens is 387 g/mol. The highest BCUT2D eigenvalue weighted by Crippen LogP contribution is 2.29. The van der Waals surface area contributed by atoms with Gasteiger partial charge >= 0.3 is 0 Å². The minimum Gasteiger partial charge on any atom is -0.457 e. The van der Waals surface area contributed by atoms with Crippen molar-refractivity contribution in [3.8, 4) is 11.5 Å². The van der Waals surface area contributed by atoms with Gasteiger partial charge in [-0.25, -0.2) is 0 Å². The van der Waals surface area contributed by atoms with Crippen molar-refractivity contribution < 1.29 is 9.53 Å². The zero-order valence-electron chi connectivity index (χ0n) is 11.7. The van der Waals surface area contributed by atoms with Gasteiger partial charge in [-0.05, 0) is 52.9 Å². The second kappa shape index (κ2) is 6.75. The van der Waals surface area contributed by atoms with Crippen molar-refractivity contribution in [1.29, 1.82) is 0 Å². The van der Waals surface area contributed by atoms with Gasteiger partial charge in [-0.2, -0.15) is 0 Å². The van der Waals surface area contributed by atoms with Gasteiger partial charge in [0, 0.05) is 9.13 Å². The van der Waals surface area contributed by atoms with Crippen LogP contribution < -0.4 is 4.74 Å². The summed E-state index contributed by atoms with van der Waals surface area (Å²) in [4.78, 5) is 12.7. The molecule has 108 valence electrons. The van der Waals surface area contributed by atoms with Crippen LogP contribution in [0.2, 0.25) is 0 Å². The first kappa shape index (κ1) is 14.8. The molecule has 0 N–H and O–H groups in total. The van der Waals surface area contributed by atoms with Crippen LogP contribution >= 0.6 is 22.6 Å². The minimum atomic E-state index is -0.0390. The molecule has 0 amide bonds. The van der Waals surface area contributed by atoms with E-state index in [-0.39, 0.29) is 5.78 Å². The molecule has 0 aliphatic rings. The Bertz CT molecular complexity index is 783. The van der Waals surface area contributed by atoms with Gasteiger partial charge in [-0.3, -0.25) is 4.79 Å². The fourth-order valence-electron chi connectivity index (χ4n) is 2.13. The summed E-state index contributed by atoms with van der Waals surface area (Å²) < 4.78 is 6.93. The number of ether oxygens (including phenoxy) is 1. The predicted molar refractivity (Wildman–Crippen MR) is 95.5 cm³/mol. The third kappa shape index (κ3) is 3.36. The summed E-state index contributed by atoms with van der Waals surface area (Å²) in [5.41, 5.74) is 1.22. The molecule has 22 heavy (non-hydrogen) atoms. The van der Waals surface area contributed by atoms with Gasteiger partial charge in [-0.15, -0.1) is 0 Å². The maximum atomic E-state index is 12.7. The van der Waals surface area contributed by atoms with Crippen molar-refractivity contribution in [3.63, 3.8) is 0 Å². The van der Waals surface area contributed by atoms with Crippen LogP contribution in [0.1, 0.15) is 15.9 Å². The summed E-state index contributed by atoms with van der Waals surface area (Å²) in [5.74, 6) is 1.25. The van der Waals surface area contributed by atoms with E-state index in [1.807, 2.05) is 78.9 Å². The average Bonchev–Trinajstić information content (AvgIpc) is 2.56. The van der Waals surface area contributed by atoms with Gasteiger partial charge in [-0.1, -0.05) is 48.5 Å². The molecule has 0 radical (unpaired) electrons. The number of hydrogen-bond donors (Lipinski definition) is 0. The average molecular weight is 400 g/mol. The number of benzene rings is 3. The second-order valence-electron chi connectivity index (χ2n) is 4.75. The van der Waals surface area contributed by atoms with Crippen LogP contribution in [0.5, 0.6) is 11.5 Å². The fraction of sp³-hybridized carbons (Fsp3) is 0. The van der Waals surface area contributed by atoms with Crippen LogP contribution in [-0.4, -0.2) is 5.78 Å². The van der Waals surface area contributed by atoms with E-state index in [4.69, 9.17) is 4.74 Å². The molecule has 0 saturated heterocycles. The predicted octanol–water partition coefficient (Wildman–Crippen LogP) is 5.31. The number of ketones is 1. The molecule has 0 fully saturated rings. The van der Waals surface area contributed by atoms with E-state index in [1.54, 1.807) is 0 Å². The molecule has 0 unspecified atom stereocenters. The number of carbonyl (C=O) groups is 1. The molecule has 0 atom stereocenters. The van der Waals surface area contributed by atoms with E-state index >= 15 is 0 Å². The third-order valence-electron chi connectivity index (χ3n) is 3.20. The first-order chi connectivity index (χ1) is 10.7. The largest absolute Gasteiger partial charge is 0.457 e. The summed E-state index contributed by atoms with van der Waals surface area (Å²) in [5, 5.41) is 0. The van der Waals surface area contributed by atoms with Gasteiger partial charge in [0.05, 0.1) is 5.56 Å². The Morgan fingerprint density at radius 2 is 1.45 bits per heavy atom. The van der Waals surface area contributed by atoms with Crippen molar-refractivity contribution in [3.05, 3.63) is 93.6 Å². The van der Waals surface area contributed by atoms with Crippen LogP contribution in [0.15, 0.2) is 78.9 Å². The summed E-state index contributed by atoms with van der Waals surface area (Å²) in [6, 6.07) is 24.3. The highest BCUT2D eigenvalue weighted by atomic mass is 127. The van der Waals surface area contributed by atoms with Crippen molar-refractivity contribution in [1.82, 2.24) is 0 Å². The summed E-state index contributed by atoms with van der Waals surface area (Å²) in [6.45, 7) is 0. The van der Waals surface area contributed by atoms with E-state index in [0.717, 1.165) is 3.57 Å². The minimum absolute atomic E-state index is 0.0390. The van der Waals surface area contributed by atoms with Gasteiger partial charge < -0.3 is 4.74 Å². The molecule has 0 heterocycles. The summed E-state index contributed by atoms with van der Waals surface area (Å²) >= 11 is 2.21. The topological polar surface area (TPSA) is 26.3 Å². The van der Waals surface area contributed by atoms with Gasteiger partial charge in [0.15, 0.2) is 5.78 Å². The standard InChI is InChI=1S/C19H13IO2/c20-15-11-12-17(19(21)14-7-3-1-4-8-14)18(13-15)22-16-9-5-2-6-10-16/h1-13H. The van der Waals surface area contributed by atoms with Crippen molar-refractivity contribution in [2.45, 2.75) is 0 Å². The quantitative estimate of drug-likeness (QED) is 0.438. The van der Waals surface area contributed by atoms with Crippen LogP contribution in [0.3, 0.4) is 0 Å². The molecule has 0 aromatic heterocycles. The normalized spacial score (nSPS) is 10.2. The molecule has 0 spiro atoms. The molecule has 3 heteroatoms. The maximum Gasteiger partial charge on any atom is 0.196 e. The zero-order chi connectivity index (χ0) is 15.4. The molecule has 2 nitrogen and oxygen atoms in total. The molecule has 0 aliphatic carbocycles. The van der Waals surface area contributed by atoms with Gasteiger partial charge in [0.25, 0.3) is 0 Å². The Kier molecular flexibility index (Phi) is 4.53. The lowest BCUT2D eigenvalue weighted by Crippen LogP contribution is -2.03. The number of hydrogen-bond acceptors (Lipinski definition) is 2. The molecule has 0 bridgehead atoms. The number of para-hydroxylation sites is 1. The molecule has 3 aromatic carbocycles. The van der Waals surface area contributed by atoms with Crippen LogP contribution in [-0.2, 0) is 0 Å². The number of halogens is 1. The summed E-state index contributed by atoms with van der Waals surface area (Å²) in [7, 11) is 0. The summed E-state index contributed by atoms with van der Waals surface area (Å²) in [6.07, 6.45) is 0. The lowest BCUT2D eigenvalue weighted by atomic mass is 10.0. The second-order valence-corrected chi connectivity index (χ2v) is 6.00. The maximum absolute atomic E-state index is 12.7. The Balaban J connectivity index is 1.99. The number of carbonyl (C=O) groups excluding carboxylic acids is 1. The van der Waals surface area contributed by atoms with Crippen molar-refractivity contribution in [2.75, 3.05) is 0 Å². The van der Waals surface area contributed by atoms with Gasteiger partial charge in [0.2, 0.25) is 0 Å². The molecule has 0 saturated carbocycles. The smallest absolute Gasteiger partial charge is 0.196 e. The van der Waals surface area contributed by atoms with E-state index in [2.05, 4.69) is 22.6 Å². The first-order valence-corrected chi connectivity index (χ1v) is 7.94. The highest BCUT2D eigenvalue weighted by Gasteiger charge is 2.15. The molecule has 3 rings (SSSR count). The Morgan fingerprint density at radius 3 is 2.14 bits per heavy atom. The Labute approximate surface area is 142 Å². The van der Waals surface area contributed by atoms with E-state index in [0.29, 0.717) is 22.6 Å². The highest BCUT2D eigenvalue weighted by molar-refractivity contribution is 14.1. The first-order valence-electron chi connectivity index (χ1n) is 6.86. The molecular formula is C19H13IO2. The molecule has 0 aliphatic heterocycles. The number of rotatable bonds is 4. The monoisotopic (exact) mass is 400 g/mol. The van der Waals surface area contributed by atoms with Crippen LogP contribution in [0.4, 0.5) is 0 Å². The third-order valence-corrected chi connectivity index (χ3v) is 3.87. The van der Waals surface area contributed by atoms with E-state index in [9.17, 15) is 4.79 Å². The van der Waals surface area contributed by atoms with Crippen LogP contribution in [0.25, 0.3) is 0 Å². The lowest BCUT2D eigenvalue weighted by molar-refractivity contribution is 0.103. The Hall–Kier alpha value is -2.14. The molecule has 3 aromatic rings. The van der Waals surface area contributed by atoms with Crippen molar-refractivity contribution in [2.24, 2.45) is 0 Å². The van der Waals surface area contributed by atoms with Crippen molar-refractivity contribution >= 4 is 28.4 Å². The Morgan fingerprint density at radius 1 is 0.818 bits per heavy atom. The fourth-order valence-corrected chi connectivity index (χ4v) is 2.59. The van der Waals surface area contributed by atoms with Gasteiger partial charge in [0.1, 0.15) is 11.5 Å². The van der Waals surface area contributed by atoms with E-state index < -0.39 is 0 Å². The SMILES string of the molecule is O=C(c1ccccc1)c1ccc(I)cc1Oc1ccccc1. The van der Waals surface area contributed by atoms with E-state index in [1.165, 1.54) is 0 Å². The lowest BCUT2D eigenvalue weighted by Gasteiger charge is -2.11. The zero-order valence-corrected chi connectivity index (χ0v) is 13.9.